The van der Waals surface area contributed by atoms with E-state index in [0.717, 1.165) is 21.9 Å². The van der Waals surface area contributed by atoms with E-state index < -0.39 is 6.10 Å². The number of anilines is 1. The molecule has 3 heteroatoms. The van der Waals surface area contributed by atoms with Crippen molar-refractivity contribution in [3.63, 3.8) is 0 Å². The van der Waals surface area contributed by atoms with E-state index in [9.17, 15) is 9.90 Å². The normalized spacial score (nSPS) is 12.1. The summed E-state index contributed by atoms with van der Waals surface area (Å²) in [5.74, 6) is -0.0885. The van der Waals surface area contributed by atoms with Gasteiger partial charge in [0.2, 0.25) is 5.91 Å². The Hall–Kier alpha value is -2.65. The Kier molecular flexibility index (Phi) is 4.40. The highest BCUT2D eigenvalue weighted by molar-refractivity contribution is 5.96. The monoisotopic (exact) mass is 305 g/mol. The number of aliphatic hydroxyl groups is 1. The number of rotatable bonds is 4. The van der Waals surface area contributed by atoms with Gasteiger partial charge in [0.05, 0.1) is 12.5 Å². The summed E-state index contributed by atoms with van der Waals surface area (Å²) < 4.78 is 0. The molecule has 2 N–H and O–H groups in total. The molecule has 0 aliphatic carbocycles. The SMILES string of the molecule is CC(O)c1ccccc1NC(=O)Cc1cccc2ccccc12. The highest BCUT2D eigenvalue weighted by atomic mass is 16.3. The first-order valence-corrected chi connectivity index (χ1v) is 7.68. The summed E-state index contributed by atoms with van der Waals surface area (Å²) >= 11 is 0. The van der Waals surface area contributed by atoms with Crippen LogP contribution in [0.15, 0.2) is 66.7 Å². The Labute approximate surface area is 135 Å². The number of benzene rings is 3. The molecule has 3 nitrogen and oxygen atoms in total. The summed E-state index contributed by atoms with van der Waals surface area (Å²) in [6.45, 7) is 1.69. The van der Waals surface area contributed by atoms with Crippen LogP contribution in [-0.4, -0.2) is 11.0 Å². The Morgan fingerprint density at radius 3 is 2.52 bits per heavy atom. The molecule has 3 aromatic rings. The zero-order valence-corrected chi connectivity index (χ0v) is 13.0. The lowest BCUT2D eigenvalue weighted by Gasteiger charge is -2.13. The molecule has 0 aliphatic heterocycles. The van der Waals surface area contributed by atoms with Crippen LogP contribution < -0.4 is 5.32 Å². The molecule has 0 spiro atoms. The highest BCUT2D eigenvalue weighted by Gasteiger charge is 2.11. The maximum absolute atomic E-state index is 12.4. The van der Waals surface area contributed by atoms with Gasteiger partial charge in [0, 0.05) is 11.3 Å². The molecule has 0 aromatic heterocycles. The van der Waals surface area contributed by atoms with Crippen molar-refractivity contribution in [1.82, 2.24) is 0 Å². The summed E-state index contributed by atoms with van der Waals surface area (Å²) in [6.07, 6.45) is -0.320. The molecular weight excluding hydrogens is 286 g/mol. The molecule has 23 heavy (non-hydrogen) atoms. The first-order valence-electron chi connectivity index (χ1n) is 7.68. The number of fused-ring (bicyclic) bond motifs is 1. The van der Waals surface area contributed by atoms with Gasteiger partial charge in [0.15, 0.2) is 0 Å². The van der Waals surface area contributed by atoms with Crippen LogP contribution in [0.25, 0.3) is 10.8 Å². The number of aliphatic hydroxyl groups excluding tert-OH is 1. The Morgan fingerprint density at radius 1 is 1.00 bits per heavy atom. The number of amides is 1. The quantitative estimate of drug-likeness (QED) is 0.763. The summed E-state index contributed by atoms with van der Waals surface area (Å²) in [7, 11) is 0. The molecule has 1 unspecified atom stereocenters. The maximum Gasteiger partial charge on any atom is 0.228 e. The molecule has 0 radical (unpaired) electrons. The molecule has 0 heterocycles. The topological polar surface area (TPSA) is 49.3 Å². The second kappa shape index (κ2) is 6.63. The average molecular weight is 305 g/mol. The standard InChI is InChI=1S/C20H19NO2/c1-14(22)17-10-4-5-12-19(17)21-20(23)13-16-9-6-8-15-7-2-3-11-18(15)16/h2-12,14,22H,13H2,1H3,(H,21,23). The largest absolute Gasteiger partial charge is 0.389 e. The van der Waals surface area contributed by atoms with Gasteiger partial charge in [-0.15, -0.1) is 0 Å². The number of nitrogens with one attached hydrogen (secondary N) is 1. The van der Waals surface area contributed by atoms with Gasteiger partial charge >= 0.3 is 0 Å². The predicted molar refractivity (Wildman–Crippen MR) is 93.4 cm³/mol. The molecule has 0 saturated heterocycles. The Bertz CT molecular complexity index is 834. The van der Waals surface area contributed by atoms with Gasteiger partial charge in [-0.1, -0.05) is 60.7 Å². The fourth-order valence-corrected chi connectivity index (χ4v) is 2.79. The molecule has 3 aromatic carbocycles. The van der Waals surface area contributed by atoms with Crippen LogP contribution in [0.3, 0.4) is 0 Å². The summed E-state index contributed by atoms with van der Waals surface area (Å²) in [6, 6.07) is 21.3. The van der Waals surface area contributed by atoms with Crippen LogP contribution in [-0.2, 0) is 11.2 Å². The minimum atomic E-state index is -0.621. The van der Waals surface area contributed by atoms with E-state index in [-0.39, 0.29) is 5.91 Å². The van der Waals surface area contributed by atoms with Gasteiger partial charge in [0.1, 0.15) is 0 Å². The number of carbonyl (C=O) groups excluding carboxylic acids is 1. The van der Waals surface area contributed by atoms with E-state index in [1.807, 2.05) is 66.7 Å². The molecule has 0 aliphatic rings. The lowest BCUT2D eigenvalue weighted by Crippen LogP contribution is -2.16. The van der Waals surface area contributed by atoms with Crippen molar-refractivity contribution >= 4 is 22.4 Å². The van der Waals surface area contributed by atoms with E-state index in [4.69, 9.17) is 0 Å². The van der Waals surface area contributed by atoms with E-state index in [1.54, 1.807) is 6.92 Å². The lowest BCUT2D eigenvalue weighted by atomic mass is 10.0. The fourth-order valence-electron chi connectivity index (χ4n) is 2.79. The maximum atomic E-state index is 12.4. The van der Waals surface area contributed by atoms with Crippen molar-refractivity contribution in [3.8, 4) is 0 Å². The zero-order chi connectivity index (χ0) is 16.2. The van der Waals surface area contributed by atoms with E-state index in [2.05, 4.69) is 5.32 Å². The molecule has 0 fully saturated rings. The molecule has 3 rings (SSSR count). The fraction of sp³-hybridized carbons (Fsp3) is 0.150. The predicted octanol–water partition coefficient (Wildman–Crippen LogP) is 4.07. The van der Waals surface area contributed by atoms with Gasteiger partial charge in [-0.2, -0.15) is 0 Å². The minimum absolute atomic E-state index is 0.0885. The average Bonchev–Trinajstić information content (AvgIpc) is 2.55. The molecule has 116 valence electrons. The molecule has 1 atom stereocenters. The van der Waals surface area contributed by atoms with E-state index in [1.165, 1.54) is 0 Å². The van der Waals surface area contributed by atoms with Gasteiger partial charge < -0.3 is 10.4 Å². The van der Waals surface area contributed by atoms with Crippen LogP contribution in [0.5, 0.6) is 0 Å². The molecular formula is C20H19NO2. The van der Waals surface area contributed by atoms with Crippen LogP contribution in [0, 0.1) is 0 Å². The van der Waals surface area contributed by atoms with Crippen molar-refractivity contribution < 1.29 is 9.90 Å². The second-order valence-electron chi connectivity index (χ2n) is 5.63. The molecule has 1 amide bonds. The van der Waals surface area contributed by atoms with Crippen molar-refractivity contribution in [3.05, 3.63) is 77.9 Å². The first-order chi connectivity index (χ1) is 11.1. The van der Waals surface area contributed by atoms with Crippen LogP contribution >= 0.6 is 0 Å². The van der Waals surface area contributed by atoms with Crippen LogP contribution in [0.4, 0.5) is 5.69 Å². The number of hydrogen-bond acceptors (Lipinski definition) is 2. The third kappa shape index (κ3) is 3.41. The van der Waals surface area contributed by atoms with Gasteiger partial charge in [-0.05, 0) is 29.3 Å². The van der Waals surface area contributed by atoms with Crippen LogP contribution in [0.2, 0.25) is 0 Å². The van der Waals surface area contributed by atoms with Crippen molar-refractivity contribution in [2.24, 2.45) is 0 Å². The lowest BCUT2D eigenvalue weighted by molar-refractivity contribution is -0.115. The smallest absolute Gasteiger partial charge is 0.228 e. The number of hydrogen-bond donors (Lipinski definition) is 2. The number of para-hydroxylation sites is 1. The second-order valence-corrected chi connectivity index (χ2v) is 5.63. The minimum Gasteiger partial charge on any atom is -0.389 e. The summed E-state index contributed by atoms with van der Waals surface area (Å²) in [5.41, 5.74) is 2.38. The molecule has 0 bridgehead atoms. The zero-order valence-electron chi connectivity index (χ0n) is 13.0. The Morgan fingerprint density at radius 2 is 1.70 bits per heavy atom. The van der Waals surface area contributed by atoms with Gasteiger partial charge in [0.25, 0.3) is 0 Å². The van der Waals surface area contributed by atoms with Crippen LogP contribution in [0.1, 0.15) is 24.2 Å². The summed E-state index contributed by atoms with van der Waals surface area (Å²) in [4.78, 5) is 12.4. The van der Waals surface area contributed by atoms with E-state index >= 15 is 0 Å². The summed E-state index contributed by atoms with van der Waals surface area (Å²) in [5, 5.41) is 14.9. The molecule has 0 saturated carbocycles. The van der Waals surface area contributed by atoms with Crippen molar-refractivity contribution in [2.45, 2.75) is 19.4 Å². The third-order valence-corrected chi connectivity index (χ3v) is 3.92. The van der Waals surface area contributed by atoms with E-state index in [0.29, 0.717) is 12.1 Å². The third-order valence-electron chi connectivity index (χ3n) is 3.92. The van der Waals surface area contributed by atoms with Gasteiger partial charge in [-0.3, -0.25) is 4.79 Å². The van der Waals surface area contributed by atoms with Gasteiger partial charge in [-0.25, -0.2) is 0 Å². The van der Waals surface area contributed by atoms with Crippen molar-refractivity contribution in [2.75, 3.05) is 5.32 Å². The first kappa shape index (κ1) is 15.3. The number of carbonyl (C=O) groups is 1. The van der Waals surface area contributed by atoms with Crippen molar-refractivity contribution in [1.29, 1.82) is 0 Å². The highest BCUT2D eigenvalue weighted by Crippen LogP contribution is 2.23. The Balaban J connectivity index is 1.82.